The Morgan fingerprint density at radius 1 is 0.962 bits per heavy atom. The number of amides is 2. The van der Waals surface area contributed by atoms with Crippen LogP contribution >= 0.6 is 0 Å². The van der Waals surface area contributed by atoms with Gasteiger partial charge in [-0.3, -0.25) is 9.59 Å². The number of carbonyl (C=O) groups excluding carboxylic acids is 3. The van der Waals surface area contributed by atoms with E-state index < -0.39 is 27.6 Å². The average molecular weight is 373 g/mol. The number of hydroxylamine groups is 2. The van der Waals surface area contributed by atoms with Gasteiger partial charge in [-0.2, -0.15) is 0 Å². The third-order valence-corrected chi connectivity index (χ3v) is 5.82. The molecule has 7 nitrogen and oxygen atoms in total. The number of imide groups is 1. The van der Waals surface area contributed by atoms with Crippen molar-refractivity contribution in [2.75, 3.05) is 5.75 Å². The highest BCUT2D eigenvalue weighted by atomic mass is 32.2. The third-order valence-electron chi connectivity index (χ3n) is 3.85. The molecule has 134 valence electrons. The van der Waals surface area contributed by atoms with Gasteiger partial charge in [0, 0.05) is 0 Å². The summed E-state index contributed by atoms with van der Waals surface area (Å²) in [5, 5.41) is 0.357. The Hall–Kier alpha value is -3.00. The van der Waals surface area contributed by atoms with Gasteiger partial charge in [-0.25, -0.2) is 13.2 Å². The van der Waals surface area contributed by atoms with Crippen molar-refractivity contribution in [2.45, 2.75) is 18.2 Å². The second-order valence-electron chi connectivity index (χ2n) is 5.64. The van der Waals surface area contributed by atoms with Gasteiger partial charge in [0.2, 0.25) is 0 Å². The van der Waals surface area contributed by atoms with Gasteiger partial charge in [-0.15, -0.1) is 0 Å². The number of hydrogen-bond acceptors (Lipinski definition) is 6. The molecule has 0 fully saturated rings. The van der Waals surface area contributed by atoms with Gasteiger partial charge in [-0.1, -0.05) is 36.3 Å². The lowest BCUT2D eigenvalue weighted by atomic mass is 10.1. The largest absolute Gasteiger partial charge is 0.365 e. The molecule has 0 radical (unpaired) electrons. The third kappa shape index (κ3) is 2.99. The van der Waals surface area contributed by atoms with Crippen molar-refractivity contribution in [3.63, 3.8) is 0 Å². The van der Waals surface area contributed by atoms with Crippen molar-refractivity contribution in [1.29, 1.82) is 0 Å². The summed E-state index contributed by atoms with van der Waals surface area (Å²) < 4.78 is 24.7. The summed E-state index contributed by atoms with van der Waals surface area (Å²) in [5.74, 6) is -2.76. The molecule has 1 aliphatic heterocycles. The summed E-state index contributed by atoms with van der Waals surface area (Å²) in [7, 11) is -3.69. The van der Waals surface area contributed by atoms with Crippen molar-refractivity contribution >= 4 is 27.6 Å². The first kappa shape index (κ1) is 17.8. The predicted molar refractivity (Wildman–Crippen MR) is 91.1 cm³/mol. The highest BCUT2D eigenvalue weighted by molar-refractivity contribution is 7.91. The first-order chi connectivity index (χ1) is 12.4. The summed E-state index contributed by atoms with van der Waals surface area (Å²) in [5.41, 5.74) is 0.0203. The molecule has 0 atom stereocenters. The van der Waals surface area contributed by atoms with Crippen LogP contribution in [0.15, 0.2) is 53.4 Å². The van der Waals surface area contributed by atoms with E-state index in [-0.39, 0.29) is 27.3 Å². The molecule has 8 heteroatoms. The van der Waals surface area contributed by atoms with E-state index in [1.54, 1.807) is 19.1 Å². The Kier molecular flexibility index (Phi) is 4.60. The molecule has 0 saturated carbocycles. The number of rotatable bonds is 5. The van der Waals surface area contributed by atoms with E-state index in [9.17, 15) is 22.8 Å². The van der Waals surface area contributed by atoms with Crippen LogP contribution in [0.1, 0.15) is 44.4 Å². The number of hydrogen-bond donors (Lipinski definition) is 0. The normalized spacial score (nSPS) is 13.7. The summed E-state index contributed by atoms with van der Waals surface area (Å²) in [6, 6.07) is 11.6. The van der Waals surface area contributed by atoms with Gasteiger partial charge in [0.1, 0.15) is 0 Å². The SMILES string of the molecule is CCCS(=O)(=O)c1ccccc1C(=O)ON1C(=O)c2ccccc2C1=O. The van der Waals surface area contributed by atoms with E-state index in [2.05, 4.69) is 0 Å². The smallest absolute Gasteiger partial charge is 0.324 e. The summed E-state index contributed by atoms with van der Waals surface area (Å²) >= 11 is 0. The van der Waals surface area contributed by atoms with Gasteiger partial charge in [-0.05, 0) is 30.7 Å². The maximum Gasteiger partial charge on any atom is 0.365 e. The predicted octanol–water partition coefficient (Wildman–Crippen LogP) is 2.24. The Bertz CT molecular complexity index is 977. The zero-order valence-corrected chi connectivity index (χ0v) is 14.7. The van der Waals surface area contributed by atoms with Gasteiger partial charge < -0.3 is 4.84 Å². The molecule has 2 amide bonds. The molecule has 0 N–H and O–H groups in total. The molecule has 0 saturated heterocycles. The second kappa shape index (κ2) is 6.72. The minimum Gasteiger partial charge on any atom is -0.324 e. The van der Waals surface area contributed by atoms with Gasteiger partial charge in [0.05, 0.1) is 27.3 Å². The number of sulfone groups is 1. The van der Waals surface area contributed by atoms with E-state index >= 15 is 0 Å². The first-order valence-electron chi connectivity index (χ1n) is 7.88. The van der Waals surface area contributed by atoms with Crippen LogP contribution in [-0.2, 0) is 14.7 Å². The van der Waals surface area contributed by atoms with Crippen molar-refractivity contribution in [3.8, 4) is 0 Å². The van der Waals surface area contributed by atoms with Crippen LogP contribution in [0.3, 0.4) is 0 Å². The molecular formula is C18H15NO6S. The van der Waals surface area contributed by atoms with E-state index in [0.717, 1.165) is 0 Å². The lowest BCUT2D eigenvalue weighted by Gasteiger charge is -2.14. The van der Waals surface area contributed by atoms with Gasteiger partial charge >= 0.3 is 5.97 Å². The van der Waals surface area contributed by atoms with Crippen LogP contribution < -0.4 is 0 Å². The van der Waals surface area contributed by atoms with E-state index in [1.165, 1.54) is 36.4 Å². The van der Waals surface area contributed by atoms with Crippen molar-refractivity contribution in [3.05, 3.63) is 65.2 Å². The number of nitrogens with zero attached hydrogens (tertiary/aromatic N) is 1. The van der Waals surface area contributed by atoms with Gasteiger partial charge in [0.25, 0.3) is 11.8 Å². The molecule has 0 unspecified atom stereocenters. The lowest BCUT2D eigenvalue weighted by molar-refractivity contribution is -0.0587. The number of benzene rings is 2. The fourth-order valence-electron chi connectivity index (χ4n) is 2.67. The van der Waals surface area contributed by atoms with Crippen molar-refractivity contribution in [1.82, 2.24) is 5.06 Å². The topological polar surface area (TPSA) is 97.8 Å². The quantitative estimate of drug-likeness (QED) is 0.746. The van der Waals surface area contributed by atoms with Crippen LogP contribution in [-0.4, -0.2) is 37.0 Å². The minimum atomic E-state index is -3.69. The molecule has 0 bridgehead atoms. The molecule has 2 aromatic carbocycles. The molecule has 1 aliphatic rings. The molecule has 0 spiro atoms. The molecule has 2 aromatic rings. The minimum absolute atomic E-state index is 0.122. The van der Waals surface area contributed by atoms with Gasteiger partial charge in [0.15, 0.2) is 9.84 Å². The van der Waals surface area contributed by atoms with Crippen molar-refractivity contribution < 1.29 is 27.6 Å². The standard InChI is InChI=1S/C18H15NO6S/c1-2-11-26(23,24)15-10-6-5-9-14(15)18(22)25-19-16(20)12-7-3-4-8-13(12)17(19)21/h3-10H,2,11H2,1H3. The van der Waals surface area contributed by atoms with E-state index in [4.69, 9.17) is 4.84 Å². The second-order valence-corrected chi connectivity index (χ2v) is 7.72. The summed E-state index contributed by atoms with van der Waals surface area (Å²) in [6.07, 6.45) is 0.379. The first-order valence-corrected chi connectivity index (χ1v) is 9.54. The molecule has 0 aromatic heterocycles. The monoisotopic (exact) mass is 373 g/mol. The highest BCUT2D eigenvalue weighted by Crippen LogP contribution is 2.25. The van der Waals surface area contributed by atoms with Crippen LogP contribution in [0.5, 0.6) is 0 Å². The molecule has 1 heterocycles. The van der Waals surface area contributed by atoms with E-state index in [0.29, 0.717) is 11.5 Å². The average Bonchev–Trinajstić information content (AvgIpc) is 2.87. The fraction of sp³-hybridized carbons (Fsp3) is 0.167. The highest BCUT2D eigenvalue weighted by Gasteiger charge is 2.39. The molecule has 3 rings (SSSR count). The Balaban J connectivity index is 1.91. The fourth-order valence-corrected chi connectivity index (χ4v) is 4.20. The van der Waals surface area contributed by atoms with Crippen LogP contribution in [0.25, 0.3) is 0 Å². The molecule has 26 heavy (non-hydrogen) atoms. The Morgan fingerprint density at radius 2 is 1.50 bits per heavy atom. The lowest BCUT2D eigenvalue weighted by Crippen LogP contribution is -2.33. The summed E-state index contributed by atoms with van der Waals surface area (Å²) in [4.78, 5) is 41.8. The van der Waals surface area contributed by atoms with Crippen LogP contribution in [0, 0.1) is 0 Å². The zero-order chi connectivity index (χ0) is 18.9. The Morgan fingerprint density at radius 3 is 2.08 bits per heavy atom. The Labute approximate surface area is 150 Å². The summed E-state index contributed by atoms with van der Waals surface area (Å²) in [6.45, 7) is 1.71. The maximum atomic E-state index is 12.5. The van der Waals surface area contributed by atoms with Crippen molar-refractivity contribution in [2.24, 2.45) is 0 Å². The molecular weight excluding hydrogens is 358 g/mol. The molecule has 0 aliphatic carbocycles. The van der Waals surface area contributed by atoms with E-state index in [1.807, 2.05) is 0 Å². The number of fused-ring (bicyclic) bond motifs is 1. The van der Waals surface area contributed by atoms with Crippen LogP contribution in [0.4, 0.5) is 0 Å². The number of carbonyl (C=O) groups is 3. The maximum absolute atomic E-state index is 12.5. The van der Waals surface area contributed by atoms with Crippen LogP contribution in [0.2, 0.25) is 0 Å². The zero-order valence-electron chi connectivity index (χ0n) is 13.8.